The zero-order chi connectivity index (χ0) is 21.7. The highest BCUT2D eigenvalue weighted by atomic mass is 16.6. The summed E-state index contributed by atoms with van der Waals surface area (Å²) in [5.41, 5.74) is 9.97. The number of nitrogens with zero attached hydrogens (tertiary/aromatic N) is 7. The number of phenolic OH excluding ortho intramolecular Hbond substituents is 1. The van der Waals surface area contributed by atoms with Crippen LogP contribution in [0, 0.1) is 0 Å². The molecule has 12 nitrogen and oxygen atoms in total. The number of hydrogen-bond donors (Lipinski definition) is 3. The number of anilines is 2. The van der Waals surface area contributed by atoms with Crippen molar-refractivity contribution in [1.82, 2.24) is 30.7 Å². The summed E-state index contributed by atoms with van der Waals surface area (Å²) in [6.07, 6.45) is 1.79. The predicted octanol–water partition coefficient (Wildman–Crippen LogP) is 1.11. The van der Waals surface area contributed by atoms with Gasteiger partial charge in [0.1, 0.15) is 5.75 Å². The molecule has 12 heteroatoms. The maximum atomic E-state index is 12.5. The van der Waals surface area contributed by atoms with E-state index >= 15 is 0 Å². The van der Waals surface area contributed by atoms with E-state index in [2.05, 4.69) is 40.7 Å². The molecule has 4 N–H and O–H groups in total. The number of nitrogens with two attached hydrogens (primary N) is 1. The van der Waals surface area contributed by atoms with Gasteiger partial charge in [-0.3, -0.25) is 4.79 Å². The van der Waals surface area contributed by atoms with Gasteiger partial charge in [-0.2, -0.15) is 9.78 Å². The molecule has 30 heavy (non-hydrogen) atoms. The molecular formula is C18H23N9O3. The van der Waals surface area contributed by atoms with E-state index in [9.17, 15) is 9.90 Å². The summed E-state index contributed by atoms with van der Waals surface area (Å²) in [7, 11) is 0. The standard InChI is InChI=1S/C18H23N9O3/c1-4-13-15(21-25-27(13)17-16(19)23-30-24-17)18(29)22-20-10-11-7-8-12(9-14(11)28)26(5-2)6-3/h7-10,28H,4-6H2,1-3H3,(H2,19,23)(H,22,29). The van der Waals surface area contributed by atoms with Gasteiger partial charge < -0.3 is 15.7 Å². The first kappa shape index (κ1) is 20.8. The van der Waals surface area contributed by atoms with Crippen LogP contribution in [0.4, 0.5) is 11.5 Å². The number of hydrazone groups is 1. The molecule has 0 fully saturated rings. The first-order valence-corrected chi connectivity index (χ1v) is 9.44. The van der Waals surface area contributed by atoms with Gasteiger partial charge in [0.15, 0.2) is 5.69 Å². The van der Waals surface area contributed by atoms with Gasteiger partial charge in [-0.1, -0.05) is 12.1 Å². The Balaban J connectivity index is 1.74. The first-order chi connectivity index (χ1) is 14.5. The molecule has 0 radical (unpaired) electrons. The van der Waals surface area contributed by atoms with E-state index in [4.69, 9.17) is 5.73 Å². The van der Waals surface area contributed by atoms with E-state index in [1.165, 1.54) is 10.9 Å². The summed E-state index contributed by atoms with van der Waals surface area (Å²) < 4.78 is 5.86. The zero-order valence-electron chi connectivity index (χ0n) is 16.9. The average molecular weight is 413 g/mol. The third-order valence-corrected chi connectivity index (χ3v) is 4.52. The Labute approximate surface area is 172 Å². The zero-order valence-corrected chi connectivity index (χ0v) is 16.9. The SMILES string of the molecule is CCc1c(C(=O)NN=Cc2ccc(N(CC)CC)cc2O)nnn1-c1nonc1N. The predicted molar refractivity (Wildman–Crippen MR) is 110 cm³/mol. The molecule has 0 aliphatic rings. The van der Waals surface area contributed by atoms with Crippen LogP contribution in [0.15, 0.2) is 27.9 Å². The summed E-state index contributed by atoms with van der Waals surface area (Å²) >= 11 is 0. The lowest BCUT2D eigenvalue weighted by molar-refractivity contribution is 0.0949. The van der Waals surface area contributed by atoms with Crippen molar-refractivity contribution in [2.24, 2.45) is 5.10 Å². The van der Waals surface area contributed by atoms with Crippen LogP contribution >= 0.6 is 0 Å². The number of carbonyl (C=O) groups is 1. The number of aromatic hydroxyl groups is 1. The van der Waals surface area contributed by atoms with Crippen LogP contribution in [0.3, 0.4) is 0 Å². The van der Waals surface area contributed by atoms with E-state index in [1.807, 2.05) is 26.8 Å². The Bertz CT molecular complexity index is 1050. The second kappa shape index (κ2) is 9.03. The van der Waals surface area contributed by atoms with Crippen molar-refractivity contribution in [1.29, 1.82) is 0 Å². The quantitative estimate of drug-likeness (QED) is 0.363. The minimum absolute atomic E-state index is 0.0308. The summed E-state index contributed by atoms with van der Waals surface area (Å²) in [6.45, 7) is 7.57. The molecule has 0 bridgehead atoms. The number of nitrogen functional groups attached to an aromatic ring is 1. The van der Waals surface area contributed by atoms with Crippen LogP contribution in [0.5, 0.6) is 5.75 Å². The Morgan fingerprint density at radius 3 is 2.70 bits per heavy atom. The minimum atomic E-state index is -0.566. The Morgan fingerprint density at radius 2 is 2.10 bits per heavy atom. The fourth-order valence-corrected chi connectivity index (χ4v) is 2.94. The van der Waals surface area contributed by atoms with Crippen LogP contribution in [-0.4, -0.2) is 55.6 Å². The van der Waals surface area contributed by atoms with Gasteiger partial charge in [-0.15, -0.1) is 5.10 Å². The van der Waals surface area contributed by atoms with Crippen molar-refractivity contribution in [3.8, 4) is 11.6 Å². The van der Waals surface area contributed by atoms with Crippen LogP contribution in [0.25, 0.3) is 5.82 Å². The second-order valence-corrected chi connectivity index (χ2v) is 6.24. The minimum Gasteiger partial charge on any atom is -0.507 e. The molecule has 158 valence electrons. The summed E-state index contributed by atoms with van der Waals surface area (Å²) in [5, 5.41) is 29.1. The van der Waals surface area contributed by atoms with Crippen LogP contribution in [0.2, 0.25) is 0 Å². The van der Waals surface area contributed by atoms with Gasteiger partial charge in [0.2, 0.25) is 11.6 Å². The van der Waals surface area contributed by atoms with Gasteiger partial charge in [0, 0.05) is 30.4 Å². The number of phenols is 1. The van der Waals surface area contributed by atoms with Crippen molar-refractivity contribution < 1.29 is 14.5 Å². The maximum absolute atomic E-state index is 12.5. The fourth-order valence-electron chi connectivity index (χ4n) is 2.94. The summed E-state index contributed by atoms with van der Waals surface area (Å²) in [4.78, 5) is 14.6. The number of hydrogen-bond acceptors (Lipinski definition) is 10. The van der Waals surface area contributed by atoms with E-state index < -0.39 is 5.91 Å². The van der Waals surface area contributed by atoms with Crippen LogP contribution in [0.1, 0.15) is 42.5 Å². The molecule has 0 aliphatic heterocycles. The molecule has 2 heterocycles. The van der Waals surface area contributed by atoms with E-state index in [0.29, 0.717) is 17.7 Å². The lowest BCUT2D eigenvalue weighted by atomic mass is 10.2. The molecule has 0 unspecified atom stereocenters. The molecule has 1 aromatic carbocycles. The summed E-state index contributed by atoms with van der Waals surface area (Å²) in [5.74, 6) is -0.321. The number of carbonyl (C=O) groups excluding carboxylic acids is 1. The van der Waals surface area contributed by atoms with Gasteiger partial charge in [0.25, 0.3) is 5.91 Å². The van der Waals surface area contributed by atoms with Crippen molar-refractivity contribution >= 4 is 23.6 Å². The van der Waals surface area contributed by atoms with Crippen molar-refractivity contribution in [3.05, 3.63) is 35.2 Å². The molecule has 3 rings (SSSR count). The normalized spacial score (nSPS) is 11.2. The van der Waals surface area contributed by atoms with Gasteiger partial charge >= 0.3 is 0 Å². The number of rotatable bonds is 8. The fraction of sp³-hybridized carbons (Fsp3) is 0.333. The van der Waals surface area contributed by atoms with Crippen molar-refractivity contribution in [2.75, 3.05) is 23.7 Å². The third-order valence-electron chi connectivity index (χ3n) is 4.52. The largest absolute Gasteiger partial charge is 0.507 e. The smallest absolute Gasteiger partial charge is 0.293 e. The van der Waals surface area contributed by atoms with Crippen molar-refractivity contribution in [2.45, 2.75) is 27.2 Å². The van der Waals surface area contributed by atoms with E-state index in [1.54, 1.807) is 12.1 Å². The summed E-state index contributed by atoms with van der Waals surface area (Å²) in [6, 6.07) is 5.27. The molecule has 0 saturated carbocycles. The highest BCUT2D eigenvalue weighted by Crippen LogP contribution is 2.23. The number of nitrogens with one attached hydrogen (secondary N) is 1. The highest BCUT2D eigenvalue weighted by molar-refractivity contribution is 5.94. The van der Waals surface area contributed by atoms with E-state index in [0.717, 1.165) is 18.8 Å². The Hall–Kier alpha value is -3.96. The first-order valence-electron chi connectivity index (χ1n) is 9.44. The maximum Gasteiger partial charge on any atom is 0.293 e. The Morgan fingerprint density at radius 1 is 1.33 bits per heavy atom. The monoisotopic (exact) mass is 413 g/mol. The molecule has 3 aromatic rings. The topological polar surface area (TPSA) is 161 Å². The van der Waals surface area contributed by atoms with E-state index in [-0.39, 0.29) is 23.1 Å². The molecule has 0 aliphatic carbocycles. The number of aromatic nitrogens is 5. The lowest BCUT2D eigenvalue weighted by Crippen LogP contribution is -2.21. The second-order valence-electron chi connectivity index (χ2n) is 6.24. The third kappa shape index (κ3) is 4.06. The van der Waals surface area contributed by atoms with Gasteiger partial charge in [-0.25, -0.2) is 10.1 Å². The molecule has 0 saturated heterocycles. The molecule has 2 aromatic heterocycles. The van der Waals surface area contributed by atoms with Crippen LogP contribution in [-0.2, 0) is 6.42 Å². The lowest BCUT2D eigenvalue weighted by Gasteiger charge is -2.21. The van der Waals surface area contributed by atoms with Crippen molar-refractivity contribution in [3.63, 3.8) is 0 Å². The Kier molecular flexibility index (Phi) is 6.25. The molecule has 0 spiro atoms. The highest BCUT2D eigenvalue weighted by Gasteiger charge is 2.22. The molecular weight excluding hydrogens is 390 g/mol. The molecule has 1 amide bonds. The number of benzene rings is 1. The average Bonchev–Trinajstić information content (AvgIpc) is 3.35. The van der Waals surface area contributed by atoms with Crippen LogP contribution < -0.4 is 16.1 Å². The van der Waals surface area contributed by atoms with Gasteiger partial charge in [0.05, 0.1) is 11.9 Å². The number of amides is 1. The van der Waals surface area contributed by atoms with Gasteiger partial charge in [-0.05, 0) is 42.7 Å². The molecule has 0 atom stereocenters.